The lowest BCUT2D eigenvalue weighted by Gasteiger charge is -2.45. The van der Waals surface area contributed by atoms with Crippen molar-refractivity contribution in [2.24, 2.45) is 23.7 Å². The normalized spacial score (nSPS) is 43.3. The minimum absolute atomic E-state index is 0.0104. The minimum atomic E-state index is 0.0104. The van der Waals surface area contributed by atoms with Crippen molar-refractivity contribution < 1.29 is 9.53 Å². The second-order valence-corrected chi connectivity index (χ2v) is 7.19. The Hall–Kier alpha value is -1.01. The van der Waals surface area contributed by atoms with Gasteiger partial charge in [0.05, 0.1) is 13.0 Å². The van der Waals surface area contributed by atoms with E-state index in [9.17, 15) is 4.79 Å². The highest BCUT2D eigenvalue weighted by Crippen LogP contribution is 2.48. The van der Waals surface area contributed by atoms with Gasteiger partial charge < -0.3 is 4.74 Å². The van der Waals surface area contributed by atoms with E-state index in [1.54, 1.807) is 0 Å². The van der Waals surface area contributed by atoms with Gasteiger partial charge in [0.2, 0.25) is 0 Å². The Morgan fingerprint density at radius 3 is 2.52 bits per heavy atom. The highest BCUT2D eigenvalue weighted by atomic mass is 16.5. The molecule has 2 aliphatic heterocycles. The lowest BCUT2D eigenvalue weighted by atomic mass is 9.67. The average Bonchev–Trinajstić information content (AvgIpc) is 2.76. The Balaban J connectivity index is 1.77. The van der Waals surface area contributed by atoms with Gasteiger partial charge in [0.1, 0.15) is 0 Å². The van der Waals surface area contributed by atoms with Crippen LogP contribution in [0, 0.1) is 36.0 Å². The predicted octanol–water partition coefficient (Wildman–Crippen LogP) is 2.70. The fraction of sp³-hybridized carbons (Fsp3) is 0.833. The van der Waals surface area contributed by atoms with Crippen LogP contribution < -0.4 is 0 Å². The molecule has 0 N–H and O–H groups in total. The van der Waals surface area contributed by atoms with Crippen LogP contribution in [0.25, 0.3) is 0 Å². The summed E-state index contributed by atoms with van der Waals surface area (Å²) in [5.74, 6) is 4.62. The molecule has 3 nitrogen and oxygen atoms in total. The molecule has 0 aromatic heterocycles. The van der Waals surface area contributed by atoms with Gasteiger partial charge in [-0.2, -0.15) is 0 Å². The number of hydrogen-bond acceptors (Lipinski definition) is 3. The molecule has 3 heteroatoms. The standard InChI is InChI=1S/C18H27NO2/c1-4-12-5-7-13(8-6-12)15-11-14-9-10-16(19(14)2)17(15)18(20)21-3/h1,12-17H,5-11H2,2-3H3. The highest BCUT2D eigenvalue weighted by molar-refractivity contribution is 5.74. The van der Waals surface area contributed by atoms with E-state index in [0.29, 0.717) is 29.8 Å². The van der Waals surface area contributed by atoms with Gasteiger partial charge in [0.25, 0.3) is 0 Å². The van der Waals surface area contributed by atoms with E-state index in [-0.39, 0.29) is 11.9 Å². The van der Waals surface area contributed by atoms with Crippen LogP contribution in [-0.4, -0.2) is 37.1 Å². The van der Waals surface area contributed by atoms with E-state index in [4.69, 9.17) is 11.2 Å². The number of methoxy groups -OCH3 is 1. The Kier molecular flexibility index (Phi) is 4.26. The third kappa shape index (κ3) is 2.59. The molecule has 21 heavy (non-hydrogen) atoms. The molecule has 0 aromatic carbocycles. The number of fused-ring (bicyclic) bond motifs is 2. The zero-order valence-electron chi connectivity index (χ0n) is 13.3. The molecule has 0 radical (unpaired) electrons. The Bertz CT molecular complexity index is 433. The van der Waals surface area contributed by atoms with Crippen LogP contribution in [-0.2, 0) is 9.53 Å². The minimum Gasteiger partial charge on any atom is -0.469 e. The fourth-order valence-electron chi connectivity index (χ4n) is 5.17. The molecule has 3 fully saturated rings. The number of hydrogen-bond donors (Lipinski definition) is 0. The zero-order chi connectivity index (χ0) is 15.0. The van der Waals surface area contributed by atoms with E-state index in [2.05, 4.69) is 17.9 Å². The van der Waals surface area contributed by atoms with Crippen LogP contribution in [0.1, 0.15) is 44.9 Å². The molecule has 1 saturated carbocycles. The molecule has 1 aliphatic carbocycles. The molecule has 0 amide bonds. The maximum Gasteiger partial charge on any atom is 0.310 e. The lowest BCUT2D eigenvalue weighted by Crippen LogP contribution is -2.52. The number of esters is 1. The first-order chi connectivity index (χ1) is 10.2. The number of carbonyl (C=O) groups excluding carboxylic acids is 1. The summed E-state index contributed by atoms with van der Waals surface area (Å²) in [7, 11) is 3.72. The van der Waals surface area contributed by atoms with Crippen LogP contribution >= 0.6 is 0 Å². The van der Waals surface area contributed by atoms with E-state index in [1.807, 2.05) is 0 Å². The van der Waals surface area contributed by atoms with Crippen molar-refractivity contribution in [1.29, 1.82) is 0 Å². The van der Waals surface area contributed by atoms with Crippen LogP contribution in [0.2, 0.25) is 0 Å². The molecule has 2 saturated heterocycles. The van der Waals surface area contributed by atoms with E-state index < -0.39 is 0 Å². The number of rotatable bonds is 2. The van der Waals surface area contributed by atoms with E-state index >= 15 is 0 Å². The SMILES string of the molecule is C#CC1CCC(C2CC3CCC(C2C(=O)OC)N3C)CC1. The number of ether oxygens (including phenoxy) is 1. The summed E-state index contributed by atoms with van der Waals surface area (Å²) in [5, 5.41) is 0. The van der Waals surface area contributed by atoms with Crippen molar-refractivity contribution in [2.45, 2.75) is 57.0 Å². The van der Waals surface area contributed by atoms with E-state index in [0.717, 1.165) is 25.7 Å². The lowest BCUT2D eigenvalue weighted by molar-refractivity contribution is -0.154. The predicted molar refractivity (Wildman–Crippen MR) is 82.5 cm³/mol. The van der Waals surface area contributed by atoms with Gasteiger partial charge in [0, 0.05) is 18.0 Å². The van der Waals surface area contributed by atoms with E-state index in [1.165, 1.54) is 26.4 Å². The van der Waals surface area contributed by atoms with Crippen molar-refractivity contribution >= 4 is 5.97 Å². The van der Waals surface area contributed by atoms with Crippen molar-refractivity contribution in [3.63, 3.8) is 0 Å². The first-order valence-electron chi connectivity index (χ1n) is 8.41. The Labute approximate surface area is 128 Å². The molecule has 3 aliphatic rings. The third-order valence-electron chi connectivity index (χ3n) is 6.40. The molecular formula is C18H27NO2. The van der Waals surface area contributed by atoms with Gasteiger partial charge in [-0.1, -0.05) is 0 Å². The van der Waals surface area contributed by atoms with Gasteiger partial charge in [-0.05, 0) is 63.8 Å². The number of nitrogens with zero attached hydrogens (tertiary/aromatic N) is 1. The maximum absolute atomic E-state index is 12.4. The summed E-state index contributed by atoms with van der Waals surface area (Å²) in [6.45, 7) is 0. The number of terminal acetylenes is 1. The molecule has 3 rings (SSSR count). The van der Waals surface area contributed by atoms with Crippen molar-refractivity contribution in [1.82, 2.24) is 4.90 Å². The fourth-order valence-corrected chi connectivity index (χ4v) is 5.17. The molecule has 0 spiro atoms. The molecule has 116 valence electrons. The van der Waals surface area contributed by atoms with Crippen molar-refractivity contribution in [2.75, 3.05) is 14.2 Å². The monoisotopic (exact) mass is 289 g/mol. The summed E-state index contributed by atoms with van der Waals surface area (Å²) in [6.07, 6.45) is 13.8. The molecule has 0 aromatic rings. The van der Waals surface area contributed by atoms with Crippen LogP contribution in [0.5, 0.6) is 0 Å². The molecule has 2 heterocycles. The smallest absolute Gasteiger partial charge is 0.310 e. The Morgan fingerprint density at radius 2 is 1.90 bits per heavy atom. The Morgan fingerprint density at radius 1 is 1.19 bits per heavy atom. The summed E-state index contributed by atoms with van der Waals surface area (Å²) < 4.78 is 5.15. The summed E-state index contributed by atoms with van der Waals surface area (Å²) >= 11 is 0. The second-order valence-electron chi connectivity index (χ2n) is 7.19. The summed E-state index contributed by atoms with van der Waals surface area (Å²) in [4.78, 5) is 14.8. The van der Waals surface area contributed by atoms with Crippen LogP contribution in [0.4, 0.5) is 0 Å². The van der Waals surface area contributed by atoms with Crippen molar-refractivity contribution in [3.8, 4) is 12.3 Å². The first-order valence-corrected chi connectivity index (χ1v) is 8.41. The third-order valence-corrected chi connectivity index (χ3v) is 6.40. The average molecular weight is 289 g/mol. The molecular weight excluding hydrogens is 262 g/mol. The molecule has 4 atom stereocenters. The summed E-state index contributed by atoms with van der Waals surface area (Å²) in [5.41, 5.74) is 0. The van der Waals surface area contributed by atoms with Crippen LogP contribution in [0.3, 0.4) is 0 Å². The topological polar surface area (TPSA) is 29.5 Å². The zero-order valence-corrected chi connectivity index (χ0v) is 13.3. The first kappa shape index (κ1) is 14.9. The number of piperidine rings is 1. The molecule has 4 unspecified atom stereocenters. The largest absolute Gasteiger partial charge is 0.469 e. The van der Waals surface area contributed by atoms with Crippen LogP contribution in [0.15, 0.2) is 0 Å². The highest BCUT2D eigenvalue weighted by Gasteiger charge is 2.51. The van der Waals surface area contributed by atoms with Gasteiger partial charge in [0.15, 0.2) is 0 Å². The van der Waals surface area contributed by atoms with Crippen molar-refractivity contribution in [3.05, 3.63) is 0 Å². The van der Waals surface area contributed by atoms with Gasteiger partial charge in [-0.15, -0.1) is 12.3 Å². The number of carbonyl (C=O) groups is 1. The molecule has 2 bridgehead atoms. The van der Waals surface area contributed by atoms with Gasteiger partial charge in [-0.25, -0.2) is 0 Å². The maximum atomic E-state index is 12.4. The van der Waals surface area contributed by atoms with Gasteiger partial charge in [-0.3, -0.25) is 9.69 Å². The second kappa shape index (κ2) is 6.01. The quantitative estimate of drug-likeness (QED) is 0.578. The summed E-state index contributed by atoms with van der Waals surface area (Å²) in [6, 6.07) is 1.07. The van der Waals surface area contributed by atoms with Gasteiger partial charge >= 0.3 is 5.97 Å².